The molecule has 1 N–H and O–H groups in total. The third kappa shape index (κ3) is 4.03. The number of halogens is 2. The minimum atomic E-state index is -0.291. The molecule has 2 aromatic carbocycles. The zero-order valence-electron chi connectivity index (χ0n) is 19.4. The van der Waals surface area contributed by atoms with Gasteiger partial charge in [-0.15, -0.1) is 0 Å². The van der Waals surface area contributed by atoms with E-state index in [9.17, 15) is 4.39 Å². The summed E-state index contributed by atoms with van der Waals surface area (Å²) in [6, 6.07) is 17.8. The summed E-state index contributed by atoms with van der Waals surface area (Å²) < 4.78 is 22.2. The fourth-order valence-corrected chi connectivity index (χ4v) is 4.90. The van der Waals surface area contributed by atoms with E-state index >= 15 is 0 Å². The number of aromatic nitrogens is 5. The van der Waals surface area contributed by atoms with E-state index in [0.717, 1.165) is 52.2 Å². The van der Waals surface area contributed by atoms with E-state index in [1.807, 2.05) is 30.3 Å². The molecule has 1 aliphatic rings. The number of hydrogen-bond donors (Lipinski definition) is 1. The maximum absolute atomic E-state index is 13.7. The van der Waals surface area contributed by atoms with Crippen LogP contribution in [0.4, 0.5) is 10.3 Å². The van der Waals surface area contributed by atoms with Gasteiger partial charge in [-0.05, 0) is 48.9 Å². The zero-order chi connectivity index (χ0) is 24.6. The number of hydrogen-bond acceptors (Lipinski definition) is 6. The van der Waals surface area contributed by atoms with Gasteiger partial charge in [-0.25, -0.2) is 24.3 Å². The molecule has 180 valence electrons. The van der Waals surface area contributed by atoms with Crippen molar-refractivity contribution in [2.75, 3.05) is 19.0 Å². The lowest BCUT2D eigenvalue weighted by Gasteiger charge is -2.19. The van der Waals surface area contributed by atoms with Gasteiger partial charge in [0.1, 0.15) is 29.2 Å². The van der Waals surface area contributed by atoms with Crippen LogP contribution in [0, 0.1) is 5.82 Å². The average Bonchev–Trinajstić information content (AvgIpc) is 3.47. The number of anilines is 1. The lowest BCUT2D eigenvalue weighted by molar-refractivity contribution is 0.258. The summed E-state index contributed by atoms with van der Waals surface area (Å²) in [4.78, 5) is 18.3. The molecule has 0 unspecified atom stereocenters. The van der Waals surface area contributed by atoms with Crippen LogP contribution in [-0.4, -0.2) is 38.2 Å². The number of benzene rings is 2. The Morgan fingerprint density at radius 3 is 2.75 bits per heavy atom. The second kappa shape index (κ2) is 9.20. The molecule has 4 heterocycles. The minimum absolute atomic E-state index is 0.0235. The third-order valence-corrected chi connectivity index (χ3v) is 6.56. The number of pyridine rings is 1. The molecule has 0 fully saturated rings. The first kappa shape index (κ1) is 22.4. The van der Waals surface area contributed by atoms with E-state index in [1.165, 1.54) is 12.1 Å². The van der Waals surface area contributed by atoms with Crippen LogP contribution in [0.25, 0.3) is 33.5 Å². The number of imidazole rings is 1. The Balaban J connectivity index is 1.42. The van der Waals surface area contributed by atoms with E-state index in [-0.39, 0.29) is 11.9 Å². The molecular formula is C27H22ClFN6O. The first-order valence-corrected chi connectivity index (χ1v) is 12.0. The molecule has 0 amide bonds. The second-order valence-electron chi connectivity index (χ2n) is 8.58. The molecule has 1 atom stereocenters. The largest absolute Gasteiger partial charge is 0.491 e. The SMILES string of the molecule is CNc1nccc(-c2c(-c3ccc(F)cc3)nc3n2[C@H](COc2cc(Cl)nc4ccccc24)CC3)n1. The van der Waals surface area contributed by atoms with Crippen molar-refractivity contribution in [3.8, 4) is 28.4 Å². The minimum Gasteiger partial charge on any atom is -0.491 e. The Kier molecular flexibility index (Phi) is 5.73. The highest BCUT2D eigenvalue weighted by Gasteiger charge is 2.31. The van der Waals surface area contributed by atoms with Gasteiger partial charge in [0.25, 0.3) is 0 Å². The summed E-state index contributed by atoms with van der Waals surface area (Å²) in [5.74, 6) is 1.86. The molecule has 0 saturated heterocycles. The van der Waals surface area contributed by atoms with Gasteiger partial charge in [0, 0.05) is 36.7 Å². The molecule has 7 nitrogen and oxygen atoms in total. The monoisotopic (exact) mass is 500 g/mol. The molecule has 3 aromatic heterocycles. The third-order valence-electron chi connectivity index (χ3n) is 6.37. The fraction of sp³-hybridized carbons (Fsp3) is 0.185. The molecule has 9 heteroatoms. The number of fused-ring (bicyclic) bond motifs is 2. The molecule has 0 radical (unpaired) electrons. The number of nitrogens with zero attached hydrogens (tertiary/aromatic N) is 5. The van der Waals surface area contributed by atoms with Crippen molar-refractivity contribution >= 4 is 28.5 Å². The molecule has 36 heavy (non-hydrogen) atoms. The highest BCUT2D eigenvalue weighted by atomic mass is 35.5. The van der Waals surface area contributed by atoms with Crippen LogP contribution in [0.5, 0.6) is 5.75 Å². The Hall–Kier alpha value is -4.04. The average molecular weight is 501 g/mol. The number of nitrogens with one attached hydrogen (secondary N) is 1. The van der Waals surface area contributed by atoms with E-state index in [2.05, 4.69) is 19.9 Å². The van der Waals surface area contributed by atoms with Crippen LogP contribution in [0.1, 0.15) is 18.3 Å². The summed E-state index contributed by atoms with van der Waals surface area (Å²) in [6.45, 7) is 0.424. The smallest absolute Gasteiger partial charge is 0.222 e. The lowest BCUT2D eigenvalue weighted by atomic mass is 10.1. The number of rotatable bonds is 6. The molecule has 1 aliphatic heterocycles. The van der Waals surface area contributed by atoms with E-state index < -0.39 is 0 Å². The summed E-state index contributed by atoms with van der Waals surface area (Å²) in [7, 11) is 1.78. The van der Waals surface area contributed by atoms with Crippen LogP contribution in [-0.2, 0) is 6.42 Å². The second-order valence-corrected chi connectivity index (χ2v) is 8.97. The van der Waals surface area contributed by atoms with Gasteiger partial charge in [0.2, 0.25) is 5.95 Å². The molecule has 0 saturated carbocycles. The molecular weight excluding hydrogens is 479 g/mol. The Morgan fingerprint density at radius 1 is 1.08 bits per heavy atom. The Labute approximate surface area is 212 Å². The van der Waals surface area contributed by atoms with Crippen LogP contribution in [0.2, 0.25) is 5.15 Å². The molecule has 0 aliphatic carbocycles. The normalized spacial score (nSPS) is 14.7. The van der Waals surface area contributed by atoms with E-state index in [4.69, 9.17) is 26.3 Å². The highest BCUT2D eigenvalue weighted by Crippen LogP contribution is 2.40. The Bertz CT molecular complexity index is 1570. The van der Waals surface area contributed by atoms with Crippen molar-refractivity contribution in [3.05, 3.63) is 83.7 Å². The summed E-state index contributed by atoms with van der Waals surface area (Å²) in [5.41, 5.74) is 3.96. The van der Waals surface area contributed by atoms with Gasteiger partial charge in [-0.2, -0.15) is 0 Å². The first-order chi connectivity index (χ1) is 17.6. The number of aryl methyl sites for hydroxylation is 1. The predicted molar refractivity (Wildman–Crippen MR) is 138 cm³/mol. The van der Waals surface area contributed by atoms with Crippen molar-refractivity contribution < 1.29 is 9.13 Å². The number of para-hydroxylation sites is 1. The van der Waals surface area contributed by atoms with Gasteiger partial charge in [-0.3, -0.25) is 0 Å². The molecule has 0 bridgehead atoms. The molecule has 5 aromatic rings. The van der Waals surface area contributed by atoms with Gasteiger partial charge >= 0.3 is 0 Å². The Morgan fingerprint density at radius 2 is 1.92 bits per heavy atom. The first-order valence-electron chi connectivity index (χ1n) is 11.7. The molecule has 6 rings (SSSR count). The van der Waals surface area contributed by atoms with Gasteiger partial charge in [-0.1, -0.05) is 23.7 Å². The van der Waals surface area contributed by atoms with Gasteiger partial charge in [0.05, 0.1) is 28.6 Å². The van der Waals surface area contributed by atoms with Crippen molar-refractivity contribution in [1.29, 1.82) is 0 Å². The van der Waals surface area contributed by atoms with Gasteiger partial charge in [0.15, 0.2) is 0 Å². The van der Waals surface area contributed by atoms with Gasteiger partial charge < -0.3 is 14.6 Å². The van der Waals surface area contributed by atoms with Crippen molar-refractivity contribution in [2.24, 2.45) is 0 Å². The molecule has 0 spiro atoms. The summed E-state index contributed by atoms with van der Waals surface area (Å²) >= 11 is 6.26. The van der Waals surface area contributed by atoms with Crippen LogP contribution in [0.15, 0.2) is 66.9 Å². The standard InChI is InChI=1S/C27H22ClFN6O/c1-30-27-31-13-12-21(33-27)26-25(16-6-8-17(29)9-7-16)34-24-11-10-18(35(24)26)15-36-22-14-23(28)32-20-5-3-2-4-19(20)22/h2-9,12-14,18H,10-11,15H2,1H3,(H,30,31,33)/t18-/m0/s1. The predicted octanol–water partition coefficient (Wildman–Crippen LogP) is 5.96. The zero-order valence-corrected chi connectivity index (χ0v) is 20.2. The van der Waals surface area contributed by atoms with Crippen molar-refractivity contribution in [2.45, 2.75) is 18.9 Å². The van der Waals surface area contributed by atoms with E-state index in [0.29, 0.717) is 23.5 Å². The van der Waals surface area contributed by atoms with Crippen LogP contribution >= 0.6 is 11.6 Å². The maximum Gasteiger partial charge on any atom is 0.222 e. The number of ether oxygens (including phenoxy) is 1. The topological polar surface area (TPSA) is 77.8 Å². The van der Waals surface area contributed by atoms with Crippen LogP contribution in [0.3, 0.4) is 0 Å². The summed E-state index contributed by atoms with van der Waals surface area (Å²) in [5, 5.41) is 4.30. The fourth-order valence-electron chi connectivity index (χ4n) is 4.71. The van der Waals surface area contributed by atoms with Crippen molar-refractivity contribution in [3.63, 3.8) is 0 Å². The maximum atomic E-state index is 13.7. The quantitative estimate of drug-likeness (QED) is 0.290. The lowest BCUT2D eigenvalue weighted by Crippen LogP contribution is -2.15. The summed E-state index contributed by atoms with van der Waals surface area (Å²) in [6.07, 6.45) is 3.39. The van der Waals surface area contributed by atoms with Crippen molar-refractivity contribution in [1.82, 2.24) is 24.5 Å². The van der Waals surface area contributed by atoms with E-state index in [1.54, 1.807) is 31.4 Å². The van der Waals surface area contributed by atoms with Crippen LogP contribution < -0.4 is 10.1 Å². The highest BCUT2D eigenvalue weighted by molar-refractivity contribution is 6.30.